The second kappa shape index (κ2) is 10.1. The highest BCUT2D eigenvalue weighted by Gasteiger charge is 2.42. The summed E-state index contributed by atoms with van der Waals surface area (Å²) in [6.07, 6.45) is -1.30. The Morgan fingerprint density at radius 2 is 1.82 bits per heavy atom. The van der Waals surface area contributed by atoms with Gasteiger partial charge in [0.2, 0.25) is 5.91 Å². The lowest BCUT2D eigenvalue weighted by Crippen LogP contribution is -2.41. The van der Waals surface area contributed by atoms with Gasteiger partial charge in [-0.05, 0) is 43.9 Å². The van der Waals surface area contributed by atoms with Crippen LogP contribution in [0.3, 0.4) is 0 Å². The summed E-state index contributed by atoms with van der Waals surface area (Å²) in [5, 5.41) is 1.78. The van der Waals surface area contributed by atoms with Gasteiger partial charge in [0, 0.05) is 24.6 Å². The SMILES string of the molecule is CN(CC(=O)Nc1ccc(Cl)c(C(F)(F)F)c1)C(=O)COC(=O)C1C[C@@H]2CCC[C@@H](C1)C2=O. The van der Waals surface area contributed by atoms with Crippen molar-refractivity contribution in [1.82, 2.24) is 4.90 Å². The van der Waals surface area contributed by atoms with E-state index in [-0.39, 0.29) is 23.3 Å². The van der Waals surface area contributed by atoms with Crippen LogP contribution in [-0.4, -0.2) is 48.7 Å². The lowest BCUT2D eigenvalue weighted by atomic mass is 9.67. The van der Waals surface area contributed by atoms with Gasteiger partial charge in [-0.15, -0.1) is 0 Å². The third-order valence-corrected chi connectivity index (χ3v) is 6.41. The number of alkyl halides is 3. The van der Waals surface area contributed by atoms with E-state index >= 15 is 0 Å². The summed E-state index contributed by atoms with van der Waals surface area (Å²) in [5.41, 5.74) is -1.21. The van der Waals surface area contributed by atoms with E-state index in [9.17, 15) is 32.3 Å². The maximum Gasteiger partial charge on any atom is 0.417 e. The highest BCUT2D eigenvalue weighted by molar-refractivity contribution is 6.31. The van der Waals surface area contributed by atoms with Crippen LogP contribution in [-0.2, 0) is 30.1 Å². The number of Topliss-reactive ketones (excluding diaryl/α,β-unsaturated/α-hetero) is 1. The Hall–Kier alpha value is -2.62. The monoisotopic (exact) mass is 488 g/mol. The molecule has 3 rings (SSSR count). The lowest BCUT2D eigenvalue weighted by Gasteiger charge is -2.36. The number of hydrogen-bond donors (Lipinski definition) is 1. The van der Waals surface area contributed by atoms with Crippen molar-refractivity contribution in [2.24, 2.45) is 17.8 Å². The van der Waals surface area contributed by atoms with Crippen LogP contribution in [0, 0.1) is 17.8 Å². The van der Waals surface area contributed by atoms with Crippen molar-refractivity contribution in [2.75, 3.05) is 25.5 Å². The Kier molecular flexibility index (Phi) is 7.66. The summed E-state index contributed by atoms with van der Waals surface area (Å²) in [4.78, 5) is 49.9. The average molecular weight is 489 g/mol. The van der Waals surface area contributed by atoms with Gasteiger partial charge in [-0.2, -0.15) is 13.2 Å². The molecule has 0 heterocycles. The van der Waals surface area contributed by atoms with Crippen LogP contribution in [0.15, 0.2) is 18.2 Å². The van der Waals surface area contributed by atoms with Crippen molar-refractivity contribution in [3.8, 4) is 0 Å². The maximum atomic E-state index is 12.9. The number of hydrogen-bond acceptors (Lipinski definition) is 5. The number of likely N-dealkylation sites (N-methyl/N-ethyl adjacent to an activating group) is 1. The molecule has 0 aliphatic heterocycles. The van der Waals surface area contributed by atoms with Crippen LogP contribution in [0.2, 0.25) is 5.02 Å². The van der Waals surface area contributed by atoms with Gasteiger partial charge in [-0.3, -0.25) is 19.2 Å². The van der Waals surface area contributed by atoms with Gasteiger partial charge in [0.1, 0.15) is 5.78 Å². The smallest absolute Gasteiger partial charge is 0.417 e. The van der Waals surface area contributed by atoms with E-state index < -0.39 is 53.6 Å². The van der Waals surface area contributed by atoms with Gasteiger partial charge >= 0.3 is 12.1 Å². The number of anilines is 1. The number of nitrogens with zero attached hydrogens (tertiary/aromatic N) is 1. The van der Waals surface area contributed by atoms with Crippen molar-refractivity contribution in [3.05, 3.63) is 28.8 Å². The molecular formula is C22H24ClF3N2O5. The Morgan fingerprint density at radius 3 is 2.42 bits per heavy atom. The molecule has 0 unspecified atom stereocenters. The number of nitrogens with one attached hydrogen (secondary N) is 1. The van der Waals surface area contributed by atoms with Gasteiger partial charge < -0.3 is 15.0 Å². The Balaban J connectivity index is 1.47. The minimum atomic E-state index is -4.68. The molecule has 0 saturated heterocycles. The quantitative estimate of drug-likeness (QED) is 0.616. The Morgan fingerprint density at radius 1 is 1.18 bits per heavy atom. The fourth-order valence-electron chi connectivity index (χ4n) is 4.36. The number of halogens is 4. The van der Waals surface area contributed by atoms with E-state index in [1.54, 1.807) is 0 Å². The standard InChI is InChI=1S/C22H24ClF3N2O5/c1-28(10-18(29)27-15-5-6-17(23)16(9-15)22(24,25)26)19(30)11-33-21(32)14-7-12-3-2-4-13(8-14)20(12)31/h5-6,9,12-14H,2-4,7-8,10-11H2,1H3,(H,27,29)/t12-,13-/m0/s1. The third-order valence-electron chi connectivity index (χ3n) is 6.08. The van der Waals surface area contributed by atoms with E-state index in [0.29, 0.717) is 18.9 Å². The van der Waals surface area contributed by atoms with Crippen LogP contribution in [0.5, 0.6) is 0 Å². The fraction of sp³-hybridized carbons (Fsp3) is 0.545. The molecule has 0 spiro atoms. The van der Waals surface area contributed by atoms with Crippen LogP contribution < -0.4 is 5.32 Å². The third kappa shape index (κ3) is 6.25. The topological polar surface area (TPSA) is 92.8 Å². The molecular weight excluding hydrogens is 465 g/mol. The molecule has 11 heteroatoms. The summed E-state index contributed by atoms with van der Waals surface area (Å²) in [6, 6.07) is 2.93. The minimum absolute atomic E-state index is 0.122. The van der Waals surface area contributed by atoms with Crippen molar-refractivity contribution < 1.29 is 37.1 Å². The number of benzene rings is 1. The van der Waals surface area contributed by atoms with E-state index in [2.05, 4.69) is 5.32 Å². The fourth-order valence-corrected chi connectivity index (χ4v) is 4.58. The van der Waals surface area contributed by atoms with Crippen molar-refractivity contribution in [3.63, 3.8) is 0 Å². The maximum absolute atomic E-state index is 12.9. The molecule has 1 aromatic rings. The molecule has 7 nitrogen and oxygen atoms in total. The molecule has 2 bridgehead atoms. The molecule has 180 valence electrons. The number of carbonyl (C=O) groups is 4. The van der Waals surface area contributed by atoms with Gasteiger partial charge in [-0.25, -0.2) is 0 Å². The first kappa shape index (κ1) is 25.0. The zero-order chi connectivity index (χ0) is 24.3. The number of ether oxygens (including phenoxy) is 1. The second-order valence-corrected chi connectivity index (χ2v) is 8.90. The molecule has 1 aromatic carbocycles. The van der Waals surface area contributed by atoms with E-state index in [0.717, 1.165) is 30.2 Å². The Bertz CT molecular complexity index is 936. The number of amides is 2. The van der Waals surface area contributed by atoms with Crippen LogP contribution in [0.4, 0.5) is 18.9 Å². The number of rotatable bonds is 6. The molecule has 2 atom stereocenters. The zero-order valence-corrected chi connectivity index (χ0v) is 18.7. The number of fused-ring (bicyclic) bond motifs is 2. The summed E-state index contributed by atoms with van der Waals surface area (Å²) in [5.74, 6) is -2.36. The zero-order valence-electron chi connectivity index (χ0n) is 17.9. The minimum Gasteiger partial charge on any atom is -0.455 e. The van der Waals surface area contributed by atoms with Crippen molar-refractivity contribution in [2.45, 2.75) is 38.3 Å². The van der Waals surface area contributed by atoms with Crippen LogP contribution >= 0.6 is 11.6 Å². The molecule has 2 aliphatic carbocycles. The highest BCUT2D eigenvalue weighted by atomic mass is 35.5. The first-order valence-electron chi connectivity index (χ1n) is 10.6. The van der Waals surface area contributed by atoms with E-state index in [4.69, 9.17) is 16.3 Å². The van der Waals surface area contributed by atoms with Gasteiger partial charge in [0.05, 0.1) is 23.0 Å². The predicted octanol–water partition coefficient (Wildman–Crippen LogP) is 3.69. The normalized spacial score (nSPS) is 22.5. The van der Waals surface area contributed by atoms with Gasteiger partial charge in [0.15, 0.2) is 6.61 Å². The molecule has 0 radical (unpaired) electrons. The van der Waals surface area contributed by atoms with Gasteiger partial charge in [0.25, 0.3) is 5.91 Å². The highest BCUT2D eigenvalue weighted by Crippen LogP contribution is 2.40. The Labute approximate surface area is 193 Å². The number of esters is 1. The van der Waals surface area contributed by atoms with E-state index in [1.165, 1.54) is 13.1 Å². The number of carbonyl (C=O) groups excluding carboxylic acids is 4. The lowest BCUT2D eigenvalue weighted by molar-refractivity contribution is -0.158. The molecule has 0 aromatic heterocycles. The average Bonchev–Trinajstić information content (AvgIpc) is 2.72. The summed E-state index contributed by atoms with van der Waals surface area (Å²) >= 11 is 5.55. The largest absolute Gasteiger partial charge is 0.455 e. The molecule has 2 fully saturated rings. The first-order chi connectivity index (χ1) is 15.5. The first-order valence-corrected chi connectivity index (χ1v) is 10.9. The van der Waals surface area contributed by atoms with Crippen molar-refractivity contribution in [1.29, 1.82) is 0 Å². The van der Waals surface area contributed by atoms with Gasteiger partial charge in [-0.1, -0.05) is 18.0 Å². The second-order valence-electron chi connectivity index (χ2n) is 8.49. The summed E-state index contributed by atoms with van der Waals surface area (Å²) < 4.78 is 44.0. The summed E-state index contributed by atoms with van der Waals surface area (Å²) in [7, 11) is 1.31. The van der Waals surface area contributed by atoms with Crippen molar-refractivity contribution >= 4 is 40.9 Å². The molecule has 2 aliphatic rings. The molecule has 33 heavy (non-hydrogen) atoms. The van der Waals surface area contributed by atoms with Crippen LogP contribution in [0.25, 0.3) is 0 Å². The van der Waals surface area contributed by atoms with E-state index in [1.807, 2.05) is 0 Å². The predicted molar refractivity (Wildman–Crippen MR) is 112 cm³/mol. The number of ketones is 1. The van der Waals surface area contributed by atoms with Crippen LogP contribution in [0.1, 0.15) is 37.7 Å². The molecule has 2 saturated carbocycles. The summed E-state index contributed by atoms with van der Waals surface area (Å²) in [6.45, 7) is -1.02. The molecule has 1 N–H and O–H groups in total. The molecule has 2 amide bonds.